The van der Waals surface area contributed by atoms with Crippen LogP contribution in [0.25, 0.3) is 0 Å². The third kappa shape index (κ3) is 4.38. The van der Waals surface area contributed by atoms with Crippen molar-refractivity contribution in [1.82, 2.24) is 4.90 Å². The van der Waals surface area contributed by atoms with E-state index in [9.17, 15) is 4.79 Å². The molecule has 1 rings (SSSR count). The Morgan fingerprint density at radius 2 is 2.11 bits per heavy atom. The third-order valence-electron chi connectivity index (χ3n) is 2.61. The number of hydrogen-bond donors (Lipinski definition) is 1. The van der Waals surface area contributed by atoms with E-state index >= 15 is 0 Å². The molecule has 0 aliphatic heterocycles. The molecule has 0 fully saturated rings. The van der Waals surface area contributed by atoms with Crippen molar-refractivity contribution < 1.29 is 9.90 Å². The van der Waals surface area contributed by atoms with E-state index in [1.54, 1.807) is 0 Å². The molecule has 0 aliphatic rings. The molecule has 0 saturated carbocycles. The zero-order valence-electron chi connectivity index (χ0n) is 11.9. The summed E-state index contributed by atoms with van der Waals surface area (Å²) in [4.78, 5) is 15.1. The molecule has 0 atom stereocenters. The van der Waals surface area contributed by atoms with Crippen LogP contribution in [-0.4, -0.2) is 35.1 Å². The maximum Gasteiger partial charge on any atom is 0.265 e. The van der Waals surface area contributed by atoms with Crippen molar-refractivity contribution in [3.63, 3.8) is 0 Å². The molecule has 0 radical (unpaired) electrons. The number of hydrogen-bond acceptors (Lipinski definition) is 3. The Kier molecular flexibility index (Phi) is 6.07. The van der Waals surface area contributed by atoms with Gasteiger partial charge in [-0.1, -0.05) is 25.7 Å². The highest BCUT2D eigenvalue weighted by molar-refractivity contribution is 7.12. The van der Waals surface area contributed by atoms with E-state index in [0.29, 0.717) is 16.4 Å². The van der Waals surface area contributed by atoms with E-state index < -0.39 is 0 Å². The summed E-state index contributed by atoms with van der Waals surface area (Å²) in [6.07, 6.45) is 0. The number of carbonyl (C=O) groups is 1. The van der Waals surface area contributed by atoms with Crippen LogP contribution < -0.4 is 0 Å². The Morgan fingerprint density at radius 3 is 2.63 bits per heavy atom. The van der Waals surface area contributed by atoms with Crippen molar-refractivity contribution in [3.05, 3.63) is 21.9 Å². The van der Waals surface area contributed by atoms with Crippen LogP contribution in [0.2, 0.25) is 0 Å². The van der Waals surface area contributed by atoms with Crippen LogP contribution in [0.1, 0.15) is 42.9 Å². The van der Waals surface area contributed by atoms with Crippen molar-refractivity contribution in [2.75, 3.05) is 13.2 Å². The van der Waals surface area contributed by atoms with Crippen LogP contribution in [0.4, 0.5) is 0 Å². The minimum atomic E-state index is -0.191. The molecular weight excluding hydrogens is 258 g/mol. The smallest absolute Gasteiger partial charge is 0.265 e. The van der Waals surface area contributed by atoms with E-state index in [1.165, 1.54) is 11.3 Å². The molecule has 0 spiro atoms. The highest BCUT2D eigenvalue weighted by atomic mass is 32.1. The summed E-state index contributed by atoms with van der Waals surface area (Å²) in [5.41, 5.74) is 0.707. The van der Waals surface area contributed by atoms with Gasteiger partial charge in [0.15, 0.2) is 0 Å². The lowest BCUT2D eigenvalue weighted by molar-refractivity contribution is 0.0686. The molecule has 4 heteroatoms. The van der Waals surface area contributed by atoms with E-state index in [1.807, 2.05) is 30.2 Å². The first kappa shape index (κ1) is 15.7. The largest absolute Gasteiger partial charge is 0.384 e. The van der Waals surface area contributed by atoms with Crippen molar-refractivity contribution >= 4 is 17.2 Å². The average Bonchev–Trinajstić information content (AvgIpc) is 2.80. The first-order chi connectivity index (χ1) is 8.97. The van der Waals surface area contributed by atoms with Crippen molar-refractivity contribution in [2.45, 2.75) is 33.7 Å². The monoisotopic (exact) mass is 279 g/mol. The fourth-order valence-electron chi connectivity index (χ4n) is 1.76. The lowest BCUT2D eigenvalue weighted by Gasteiger charge is -2.28. The normalized spacial score (nSPS) is 10.5. The zero-order chi connectivity index (χ0) is 14.4. The van der Waals surface area contributed by atoms with E-state index in [-0.39, 0.29) is 18.6 Å². The summed E-state index contributed by atoms with van der Waals surface area (Å²) >= 11 is 1.41. The van der Waals surface area contributed by atoms with Gasteiger partial charge < -0.3 is 10.0 Å². The van der Waals surface area contributed by atoms with Crippen LogP contribution in [0.3, 0.4) is 0 Å². The number of aliphatic hydroxyl groups is 1. The molecule has 1 aromatic heterocycles. The van der Waals surface area contributed by atoms with Crippen molar-refractivity contribution in [1.29, 1.82) is 0 Å². The highest BCUT2D eigenvalue weighted by Gasteiger charge is 2.22. The van der Waals surface area contributed by atoms with Crippen molar-refractivity contribution in [3.8, 4) is 11.8 Å². The fourth-order valence-corrected chi connectivity index (χ4v) is 2.56. The fraction of sp³-hybridized carbons (Fsp3) is 0.533. The Balaban J connectivity index is 3.00. The standard InChI is InChI=1S/C15H21NO2S/c1-11(2)10-16(12(3)4)15(18)14-13(6-5-8-17)7-9-19-14/h7,9,11-12,17H,8,10H2,1-4H3. The zero-order valence-corrected chi connectivity index (χ0v) is 12.8. The van der Waals surface area contributed by atoms with Gasteiger partial charge in [-0.3, -0.25) is 4.79 Å². The number of aliphatic hydroxyl groups excluding tert-OH is 1. The van der Waals surface area contributed by atoms with E-state index in [2.05, 4.69) is 25.7 Å². The highest BCUT2D eigenvalue weighted by Crippen LogP contribution is 2.20. The molecule has 1 N–H and O–H groups in total. The van der Waals surface area contributed by atoms with Crippen LogP contribution in [-0.2, 0) is 0 Å². The van der Waals surface area contributed by atoms with Crippen LogP contribution in [0.5, 0.6) is 0 Å². The Hall–Kier alpha value is -1.31. The van der Waals surface area contributed by atoms with Crippen molar-refractivity contribution in [2.24, 2.45) is 5.92 Å². The van der Waals surface area contributed by atoms with Gasteiger partial charge in [0.2, 0.25) is 0 Å². The van der Waals surface area contributed by atoms with Crippen LogP contribution in [0.15, 0.2) is 11.4 Å². The number of carbonyl (C=O) groups excluding carboxylic acids is 1. The van der Waals surface area contributed by atoms with E-state index in [0.717, 1.165) is 6.54 Å². The molecule has 0 bridgehead atoms. The maximum atomic E-state index is 12.6. The first-order valence-electron chi connectivity index (χ1n) is 6.45. The predicted molar refractivity (Wildman–Crippen MR) is 79.3 cm³/mol. The molecule has 104 valence electrons. The number of rotatable bonds is 4. The third-order valence-corrected chi connectivity index (χ3v) is 3.51. The summed E-state index contributed by atoms with van der Waals surface area (Å²) in [5.74, 6) is 5.89. The summed E-state index contributed by atoms with van der Waals surface area (Å²) in [7, 11) is 0. The summed E-state index contributed by atoms with van der Waals surface area (Å²) < 4.78 is 0. The average molecular weight is 279 g/mol. The molecule has 0 aliphatic carbocycles. The minimum Gasteiger partial charge on any atom is -0.384 e. The van der Waals surface area contributed by atoms with Gasteiger partial charge in [-0.15, -0.1) is 11.3 Å². The predicted octanol–water partition coefficient (Wildman–Crippen LogP) is 2.60. The lowest BCUT2D eigenvalue weighted by Crippen LogP contribution is -2.39. The van der Waals surface area contributed by atoms with Gasteiger partial charge in [0.1, 0.15) is 11.5 Å². The van der Waals surface area contributed by atoms with Gasteiger partial charge >= 0.3 is 0 Å². The molecule has 0 unspecified atom stereocenters. The van der Waals surface area contributed by atoms with Gasteiger partial charge in [-0.25, -0.2) is 0 Å². The SMILES string of the molecule is CC(C)CN(C(=O)c1sccc1C#CCO)C(C)C. The molecule has 1 amide bonds. The van der Waals surface area contributed by atoms with Crippen LogP contribution >= 0.6 is 11.3 Å². The van der Waals surface area contributed by atoms with Gasteiger partial charge in [0.25, 0.3) is 5.91 Å². The van der Waals surface area contributed by atoms with Crippen LogP contribution in [0, 0.1) is 17.8 Å². The number of thiophene rings is 1. The molecule has 0 aromatic carbocycles. The quantitative estimate of drug-likeness (QED) is 0.861. The second-order valence-corrected chi connectivity index (χ2v) is 5.98. The summed E-state index contributed by atoms with van der Waals surface area (Å²) in [5, 5.41) is 10.6. The Bertz CT molecular complexity index is 480. The number of nitrogens with zero attached hydrogens (tertiary/aromatic N) is 1. The maximum absolute atomic E-state index is 12.6. The second kappa shape index (κ2) is 7.32. The molecule has 3 nitrogen and oxygen atoms in total. The second-order valence-electron chi connectivity index (χ2n) is 5.07. The molecule has 1 heterocycles. The van der Waals surface area contributed by atoms with E-state index in [4.69, 9.17) is 5.11 Å². The lowest BCUT2D eigenvalue weighted by atomic mass is 10.1. The minimum absolute atomic E-state index is 0.0286. The van der Waals surface area contributed by atoms with Gasteiger partial charge in [0, 0.05) is 18.2 Å². The first-order valence-corrected chi connectivity index (χ1v) is 7.33. The van der Waals surface area contributed by atoms with Gasteiger partial charge in [0.05, 0.1) is 0 Å². The van der Waals surface area contributed by atoms with Gasteiger partial charge in [-0.2, -0.15) is 0 Å². The summed E-state index contributed by atoms with van der Waals surface area (Å²) in [6, 6.07) is 1.99. The van der Waals surface area contributed by atoms with Gasteiger partial charge in [-0.05, 0) is 31.2 Å². The molecule has 1 aromatic rings. The Morgan fingerprint density at radius 1 is 1.42 bits per heavy atom. The summed E-state index contributed by atoms with van der Waals surface area (Å²) in [6.45, 7) is 8.79. The molecule has 19 heavy (non-hydrogen) atoms. The topological polar surface area (TPSA) is 40.5 Å². The number of amides is 1. The molecule has 0 saturated heterocycles. The molecular formula is C15H21NO2S. The Labute approximate surface area is 119 Å².